The summed E-state index contributed by atoms with van der Waals surface area (Å²) in [5, 5.41) is 14.1. The molecule has 0 unspecified atom stereocenters. The summed E-state index contributed by atoms with van der Waals surface area (Å²) >= 11 is 0. The molecule has 0 bridgehead atoms. The van der Waals surface area contributed by atoms with Crippen LogP contribution in [-0.2, 0) is 0 Å². The monoisotopic (exact) mass is 352 g/mol. The van der Waals surface area contributed by atoms with E-state index in [0.717, 1.165) is 0 Å². The summed E-state index contributed by atoms with van der Waals surface area (Å²) < 4.78 is 10.4. The molecule has 0 saturated carbocycles. The highest BCUT2D eigenvalue weighted by Gasteiger charge is 2.17. The van der Waals surface area contributed by atoms with E-state index in [4.69, 9.17) is 9.15 Å². The Bertz CT molecular complexity index is 1080. The lowest BCUT2D eigenvalue weighted by Crippen LogP contribution is -2.25. The molecule has 132 valence electrons. The van der Waals surface area contributed by atoms with Gasteiger partial charge in [0.05, 0.1) is 13.1 Å². The van der Waals surface area contributed by atoms with Crippen LogP contribution in [0.5, 0.6) is 5.75 Å². The van der Waals surface area contributed by atoms with Crippen molar-refractivity contribution in [3.8, 4) is 5.75 Å². The first-order valence-electron chi connectivity index (χ1n) is 7.65. The Kier molecular flexibility index (Phi) is 4.45. The standard InChI is InChI=1S/C19H15NO6/c1-10-12(18(22)23)6-4-7-14(10)20-17(21)13-9-11-5-3-8-15(25-2)16(11)26-19(13)24/h3-9H,1-2H3,(H,20,21)(H,22,23)/p-1. The number of nitrogens with one attached hydrogen (secondary N) is 1. The van der Waals surface area contributed by atoms with Crippen LogP contribution in [0.2, 0.25) is 0 Å². The molecule has 3 rings (SSSR count). The van der Waals surface area contributed by atoms with Crippen molar-refractivity contribution in [3.63, 3.8) is 0 Å². The van der Waals surface area contributed by atoms with Crippen molar-refractivity contribution in [3.05, 3.63) is 69.6 Å². The van der Waals surface area contributed by atoms with E-state index in [1.165, 1.54) is 38.3 Å². The number of hydrogen-bond acceptors (Lipinski definition) is 6. The normalized spacial score (nSPS) is 10.5. The molecule has 0 spiro atoms. The van der Waals surface area contributed by atoms with Crippen LogP contribution >= 0.6 is 0 Å². The minimum atomic E-state index is -1.35. The third kappa shape index (κ3) is 3.02. The molecule has 26 heavy (non-hydrogen) atoms. The van der Waals surface area contributed by atoms with Crippen LogP contribution in [0.4, 0.5) is 5.69 Å². The van der Waals surface area contributed by atoms with Gasteiger partial charge in [-0.15, -0.1) is 0 Å². The van der Waals surface area contributed by atoms with E-state index in [1.54, 1.807) is 18.2 Å². The van der Waals surface area contributed by atoms with Crippen LogP contribution in [0.15, 0.2) is 51.7 Å². The number of hydrogen-bond donors (Lipinski definition) is 1. The highest BCUT2D eigenvalue weighted by molar-refractivity contribution is 6.06. The lowest BCUT2D eigenvalue weighted by molar-refractivity contribution is -0.255. The molecule has 0 radical (unpaired) electrons. The van der Waals surface area contributed by atoms with Gasteiger partial charge in [-0.1, -0.05) is 24.3 Å². The molecule has 2 aromatic carbocycles. The molecule has 0 saturated heterocycles. The number of carbonyl (C=O) groups excluding carboxylic acids is 2. The van der Waals surface area contributed by atoms with Crippen molar-refractivity contribution in [1.29, 1.82) is 0 Å². The first kappa shape index (κ1) is 17.2. The van der Waals surface area contributed by atoms with Crippen molar-refractivity contribution in [2.45, 2.75) is 6.92 Å². The Morgan fingerprint density at radius 2 is 1.85 bits per heavy atom. The molecular weight excluding hydrogens is 338 g/mol. The van der Waals surface area contributed by atoms with E-state index in [1.807, 2.05) is 0 Å². The van der Waals surface area contributed by atoms with Gasteiger partial charge in [-0.2, -0.15) is 0 Å². The number of rotatable bonds is 4. The van der Waals surface area contributed by atoms with E-state index < -0.39 is 17.5 Å². The van der Waals surface area contributed by atoms with Gasteiger partial charge in [0, 0.05) is 16.6 Å². The maximum absolute atomic E-state index is 12.5. The van der Waals surface area contributed by atoms with Crippen LogP contribution < -0.4 is 20.8 Å². The average Bonchev–Trinajstić information content (AvgIpc) is 2.62. The Morgan fingerprint density at radius 3 is 2.54 bits per heavy atom. The number of para-hydroxylation sites is 1. The van der Waals surface area contributed by atoms with Crippen LogP contribution in [0, 0.1) is 6.92 Å². The first-order valence-corrected chi connectivity index (χ1v) is 7.65. The zero-order valence-corrected chi connectivity index (χ0v) is 14.0. The van der Waals surface area contributed by atoms with E-state index in [9.17, 15) is 19.5 Å². The van der Waals surface area contributed by atoms with Crippen LogP contribution in [-0.4, -0.2) is 19.0 Å². The topological polar surface area (TPSA) is 109 Å². The van der Waals surface area contributed by atoms with Gasteiger partial charge in [-0.3, -0.25) is 4.79 Å². The van der Waals surface area contributed by atoms with Crippen molar-refractivity contribution in [1.82, 2.24) is 0 Å². The Hall–Kier alpha value is -3.61. The second-order valence-electron chi connectivity index (χ2n) is 5.55. The van der Waals surface area contributed by atoms with E-state index in [0.29, 0.717) is 16.7 Å². The second-order valence-corrected chi connectivity index (χ2v) is 5.55. The molecule has 0 aliphatic carbocycles. The fourth-order valence-corrected chi connectivity index (χ4v) is 2.62. The number of benzene rings is 2. The number of carboxylic acid groups (broad SMARTS) is 1. The predicted octanol–water partition coefficient (Wildman–Crippen LogP) is 1.73. The highest BCUT2D eigenvalue weighted by Crippen LogP contribution is 2.25. The minimum Gasteiger partial charge on any atom is -0.545 e. The van der Waals surface area contributed by atoms with Gasteiger partial charge in [-0.05, 0) is 30.7 Å². The summed E-state index contributed by atoms with van der Waals surface area (Å²) in [7, 11) is 1.45. The molecule has 3 aromatic rings. The number of carboxylic acids is 1. The fraction of sp³-hybridized carbons (Fsp3) is 0.105. The number of ether oxygens (including phenoxy) is 1. The average molecular weight is 352 g/mol. The summed E-state index contributed by atoms with van der Waals surface area (Å²) in [6.45, 7) is 1.54. The SMILES string of the molecule is COc1cccc2cc(C(=O)Nc3cccc(C(=O)[O-])c3C)c(=O)oc12. The van der Waals surface area contributed by atoms with Gasteiger partial charge < -0.3 is 24.4 Å². The number of methoxy groups -OCH3 is 1. The van der Waals surface area contributed by atoms with Crippen molar-refractivity contribution < 1.29 is 23.8 Å². The summed E-state index contributed by atoms with van der Waals surface area (Å²) in [5.41, 5.74) is -0.239. The molecular formula is C19H14NO6-. The van der Waals surface area contributed by atoms with Crippen molar-refractivity contribution >= 4 is 28.5 Å². The quantitative estimate of drug-likeness (QED) is 0.716. The molecule has 1 heterocycles. The van der Waals surface area contributed by atoms with Gasteiger partial charge in [0.1, 0.15) is 5.56 Å². The predicted molar refractivity (Wildman–Crippen MR) is 92.5 cm³/mol. The van der Waals surface area contributed by atoms with Gasteiger partial charge in [-0.25, -0.2) is 4.79 Å². The fourth-order valence-electron chi connectivity index (χ4n) is 2.62. The Labute approximate surface area is 147 Å². The number of carbonyl (C=O) groups is 2. The molecule has 0 aliphatic rings. The smallest absolute Gasteiger partial charge is 0.349 e. The van der Waals surface area contributed by atoms with Gasteiger partial charge in [0.25, 0.3) is 5.91 Å². The molecule has 7 nitrogen and oxygen atoms in total. The van der Waals surface area contributed by atoms with Crippen LogP contribution in [0.25, 0.3) is 11.0 Å². The van der Waals surface area contributed by atoms with Crippen molar-refractivity contribution in [2.75, 3.05) is 12.4 Å². The molecule has 7 heteroatoms. The van der Waals surface area contributed by atoms with Crippen LogP contribution in [0.3, 0.4) is 0 Å². The zero-order valence-electron chi connectivity index (χ0n) is 14.0. The molecule has 0 aliphatic heterocycles. The lowest BCUT2D eigenvalue weighted by atomic mass is 10.1. The number of anilines is 1. The molecule has 1 amide bonds. The number of aromatic carboxylic acids is 1. The van der Waals surface area contributed by atoms with E-state index in [-0.39, 0.29) is 22.4 Å². The van der Waals surface area contributed by atoms with Gasteiger partial charge >= 0.3 is 5.63 Å². The Morgan fingerprint density at radius 1 is 1.12 bits per heavy atom. The molecule has 1 aromatic heterocycles. The first-order chi connectivity index (χ1) is 12.4. The summed E-state index contributed by atoms with van der Waals surface area (Å²) in [5.74, 6) is -1.68. The lowest BCUT2D eigenvalue weighted by Gasteiger charge is -2.13. The number of amides is 1. The van der Waals surface area contributed by atoms with Crippen molar-refractivity contribution in [2.24, 2.45) is 0 Å². The van der Waals surface area contributed by atoms with E-state index >= 15 is 0 Å². The van der Waals surface area contributed by atoms with Crippen LogP contribution in [0.1, 0.15) is 26.3 Å². The molecule has 1 N–H and O–H groups in total. The molecule has 0 atom stereocenters. The minimum absolute atomic E-state index is 0.0434. The maximum Gasteiger partial charge on any atom is 0.349 e. The van der Waals surface area contributed by atoms with E-state index in [2.05, 4.69) is 5.32 Å². The third-order valence-electron chi connectivity index (χ3n) is 3.99. The summed E-state index contributed by atoms with van der Waals surface area (Å²) in [6.07, 6.45) is 0. The summed E-state index contributed by atoms with van der Waals surface area (Å²) in [6, 6.07) is 10.8. The second kappa shape index (κ2) is 6.72. The Balaban J connectivity index is 2.01. The highest BCUT2D eigenvalue weighted by atomic mass is 16.5. The molecule has 0 fully saturated rings. The number of fused-ring (bicyclic) bond motifs is 1. The zero-order chi connectivity index (χ0) is 18.8. The van der Waals surface area contributed by atoms with Gasteiger partial charge in [0.2, 0.25) is 0 Å². The van der Waals surface area contributed by atoms with Gasteiger partial charge in [0.15, 0.2) is 11.3 Å². The third-order valence-corrected chi connectivity index (χ3v) is 3.99. The maximum atomic E-state index is 12.5. The largest absolute Gasteiger partial charge is 0.545 e. The summed E-state index contributed by atoms with van der Waals surface area (Å²) in [4.78, 5) is 35.8.